The first-order valence-electron chi connectivity index (χ1n) is 16.8. The fraction of sp³-hybridized carbons (Fsp3) is 0.786. The van der Waals surface area contributed by atoms with Gasteiger partial charge in [-0.05, 0) is 18.5 Å². The zero-order valence-electron chi connectivity index (χ0n) is 32.9. The van der Waals surface area contributed by atoms with Gasteiger partial charge in [0.25, 0.3) is 30.4 Å². The van der Waals surface area contributed by atoms with Crippen LogP contribution < -0.4 is 0 Å². The molecule has 3 aromatic rings. The molecule has 26 heteroatoms. The van der Waals surface area contributed by atoms with Crippen LogP contribution in [0.25, 0.3) is 0 Å². The second kappa shape index (κ2) is 23.5. The van der Waals surface area contributed by atoms with Gasteiger partial charge in [-0.3, -0.25) is 12.5 Å². The Morgan fingerprint density at radius 1 is 0.648 bits per heavy atom. The van der Waals surface area contributed by atoms with E-state index in [1.807, 2.05) is 6.92 Å². The van der Waals surface area contributed by atoms with Crippen molar-refractivity contribution in [1.82, 2.24) is 45.0 Å². The molecule has 0 N–H and O–H groups in total. The second-order valence-corrected chi connectivity index (χ2v) is 30.5. The van der Waals surface area contributed by atoms with Crippen molar-refractivity contribution >= 4 is 46.5 Å². The van der Waals surface area contributed by atoms with Gasteiger partial charge in [0, 0.05) is 36.0 Å². The highest BCUT2D eigenvalue weighted by Gasteiger charge is 2.14. The molecule has 0 aliphatic heterocycles. The highest BCUT2D eigenvalue weighted by Crippen LogP contribution is 2.09. The molecule has 54 heavy (non-hydrogen) atoms. The van der Waals surface area contributed by atoms with E-state index in [-0.39, 0.29) is 33.3 Å². The number of ether oxygens (including phenoxy) is 3. The maximum absolute atomic E-state index is 10.9. The number of rotatable bonds is 23. The van der Waals surface area contributed by atoms with Crippen LogP contribution in [0.5, 0.6) is 0 Å². The average Bonchev–Trinajstić information content (AvgIpc) is 3.79. The van der Waals surface area contributed by atoms with Gasteiger partial charge in [0.1, 0.15) is 44.7 Å². The zero-order chi connectivity index (χ0) is 41.1. The van der Waals surface area contributed by atoms with Crippen LogP contribution in [0.1, 0.15) is 30.4 Å². The smallest absolute Gasteiger partial charge is 0.264 e. The SMILES string of the molecule is CCCOCn1cc(COS(C)(=O)=O)nn1.C[Si](C)(C)CCOCn1ncc(COS(C)(=O)=O)n1.C[Si](C)(C)CCOCn1nncc1COS(C)(=O)=O. The summed E-state index contributed by atoms with van der Waals surface area (Å²) in [6.07, 6.45) is 8.43. The Labute approximate surface area is 321 Å². The minimum atomic E-state index is -3.47. The van der Waals surface area contributed by atoms with Gasteiger partial charge in [-0.25, -0.2) is 9.36 Å². The van der Waals surface area contributed by atoms with Crippen LogP contribution in [0.4, 0.5) is 0 Å². The molecule has 0 aromatic carbocycles. The van der Waals surface area contributed by atoms with Crippen molar-refractivity contribution in [3.8, 4) is 0 Å². The molecule has 0 aliphatic rings. The summed E-state index contributed by atoms with van der Waals surface area (Å²) >= 11 is 0. The maximum atomic E-state index is 10.9. The van der Waals surface area contributed by atoms with Gasteiger partial charge < -0.3 is 14.2 Å². The molecule has 0 spiro atoms. The molecular formula is C28H57N9O12S3Si2. The maximum Gasteiger partial charge on any atom is 0.264 e. The summed E-state index contributed by atoms with van der Waals surface area (Å²) in [5.41, 5.74) is 1.48. The van der Waals surface area contributed by atoms with Crippen molar-refractivity contribution in [3.63, 3.8) is 0 Å². The molecule has 0 bridgehead atoms. The van der Waals surface area contributed by atoms with Crippen molar-refractivity contribution in [2.45, 2.75) is 105 Å². The predicted molar refractivity (Wildman–Crippen MR) is 203 cm³/mol. The van der Waals surface area contributed by atoms with E-state index in [2.05, 4.69) is 78.5 Å². The average molecular weight is 864 g/mol. The van der Waals surface area contributed by atoms with E-state index in [0.29, 0.717) is 43.6 Å². The molecule has 0 radical (unpaired) electrons. The summed E-state index contributed by atoms with van der Waals surface area (Å²) in [6, 6.07) is 2.15. The van der Waals surface area contributed by atoms with Crippen molar-refractivity contribution < 1.29 is 52.0 Å². The van der Waals surface area contributed by atoms with Crippen molar-refractivity contribution in [3.05, 3.63) is 35.7 Å². The third-order valence-electron chi connectivity index (χ3n) is 6.12. The van der Waals surface area contributed by atoms with Gasteiger partial charge in [0.05, 0.1) is 43.1 Å². The number of nitrogens with zero attached hydrogens (tertiary/aromatic N) is 9. The van der Waals surface area contributed by atoms with Crippen LogP contribution in [0, 0.1) is 0 Å². The Balaban J connectivity index is 0.000000407. The lowest BCUT2D eigenvalue weighted by Crippen LogP contribution is -2.22. The molecule has 3 heterocycles. The molecule has 21 nitrogen and oxygen atoms in total. The molecule has 312 valence electrons. The molecule has 0 fully saturated rings. The quantitative estimate of drug-likeness (QED) is 0.0753. The molecule has 3 rings (SSSR count). The van der Waals surface area contributed by atoms with Crippen LogP contribution >= 0.6 is 0 Å². The predicted octanol–water partition coefficient (Wildman–Crippen LogP) is 2.27. The van der Waals surface area contributed by atoms with E-state index < -0.39 is 46.5 Å². The Hall–Kier alpha value is -2.54. The highest BCUT2D eigenvalue weighted by atomic mass is 32.2. The lowest BCUT2D eigenvalue weighted by Gasteiger charge is -2.15. The summed E-state index contributed by atoms with van der Waals surface area (Å²) in [6.45, 7) is 18.2. The van der Waals surface area contributed by atoms with Gasteiger partial charge in [-0.15, -0.1) is 10.2 Å². The second-order valence-electron chi connectivity index (χ2n) is 14.3. The molecule has 0 aliphatic carbocycles. The number of hydrogen-bond donors (Lipinski definition) is 0. The summed E-state index contributed by atoms with van der Waals surface area (Å²) in [4.78, 5) is 1.38. The van der Waals surface area contributed by atoms with Crippen molar-refractivity contribution in [2.24, 2.45) is 0 Å². The Bertz CT molecular complexity index is 1820. The van der Waals surface area contributed by atoms with E-state index in [0.717, 1.165) is 37.3 Å². The molecule has 0 atom stereocenters. The fourth-order valence-corrected chi connectivity index (χ4v) is 5.81. The van der Waals surface area contributed by atoms with E-state index in [1.165, 1.54) is 26.6 Å². The number of aromatic nitrogens is 9. The molecule has 0 amide bonds. The first kappa shape index (κ1) is 49.5. The molecule has 3 aromatic heterocycles. The van der Waals surface area contributed by atoms with E-state index >= 15 is 0 Å². The van der Waals surface area contributed by atoms with E-state index in [4.69, 9.17) is 18.4 Å². The minimum absolute atomic E-state index is 0.0801. The van der Waals surface area contributed by atoms with Gasteiger partial charge in [-0.1, -0.05) is 56.6 Å². The molecule has 0 saturated heterocycles. The third kappa shape index (κ3) is 28.0. The van der Waals surface area contributed by atoms with Gasteiger partial charge in [0.15, 0.2) is 6.73 Å². The lowest BCUT2D eigenvalue weighted by atomic mass is 10.5. The standard InChI is InChI=1S/2C10H21N3O4SSi.C8H15N3O4S/c1-18(14,15)17-8-10-7-11-12-13(10)9-16-5-6-19(2,3)4;1-18(14,15)17-8-10-7-11-13(12-10)9-16-5-6-19(2,3)4;1-3-4-14-7-11-5-8(9-10-11)6-15-16(2,12)13/h2*7H,5-6,8-9H2,1-4H3;5H,3-4,6-7H2,1-2H3. The molecule has 0 unspecified atom stereocenters. The summed E-state index contributed by atoms with van der Waals surface area (Å²) in [7, 11) is -12.6. The van der Waals surface area contributed by atoms with Gasteiger partial charge >= 0.3 is 0 Å². The summed E-state index contributed by atoms with van der Waals surface area (Å²) < 4.78 is 98.0. The highest BCUT2D eigenvalue weighted by molar-refractivity contribution is 7.86. The van der Waals surface area contributed by atoms with Gasteiger partial charge in [-0.2, -0.15) is 40.2 Å². The van der Waals surface area contributed by atoms with E-state index in [9.17, 15) is 25.3 Å². The molecular weight excluding hydrogens is 807 g/mol. The van der Waals surface area contributed by atoms with Crippen LogP contribution in [0.15, 0.2) is 18.6 Å². The molecule has 0 saturated carbocycles. The lowest BCUT2D eigenvalue weighted by molar-refractivity contribution is 0.0679. The first-order chi connectivity index (χ1) is 24.8. The minimum Gasteiger partial charge on any atom is -0.359 e. The third-order valence-corrected chi connectivity index (χ3v) is 11.2. The fourth-order valence-electron chi connectivity index (χ4n) is 3.29. The Kier molecular flexibility index (Phi) is 21.5. The zero-order valence-corrected chi connectivity index (χ0v) is 37.3. The first-order valence-corrected chi connectivity index (χ1v) is 29.6. The van der Waals surface area contributed by atoms with Gasteiger partial charge in [0.2, 0.25) is 0 Å². The normalized spacial score (nSPS) is 12.6. The van der Waals surface area contributed by atoms with Crippen LogP contribution in [-0.4, -0.2) is 125 Å². The number of hydrogen-bond acceptors (Lipinski definition) is 18. The summed E-state index contributed by atoms with van der Waals surface area (Å²) in [5, 5.41) is 23.1. The Morgan fingerprint density at radius 2 is 1.17 bits per heavy atom. The largest absolute Gasteiger partial charge is 0.359 e. The monoisotopic (exact) mass is 863 g/mol. The van der Waals surface area contributed by atoms with Crippen molar-refractivity contribution in [2.75, 3.05) is 38.6 Å². The summed E-state index contributed by atoms with van der Waals surface area (Å²) in [5.74, 6) is 0. The van der Waals surface area contributed by atoms with Crippen molar-refractivity contribution in [1.29, 1.82) is 0 Å². The van der Waals surface area contributed by atoms with Crippen LogP contribution in [0.2, 0.25) is 51.4 Å². The van der Waals surface area contributed by atoms with Crippen LogP contribution in [0.3, 0.4) is 0 Å². The van der Waals surface area contributed by atoms with E-state index in [1.54, 1.807) is 6.20 Å². The van der Waals surface area contributed by atoms with Crippen LogP contribution in [-0.2, 0) is 97.1 Å². The Morgan fingerprint density at radius 3 is 1.70 bits per heavy atom. The topological polar surface area (TPSA) is 250 Å².